The molecular formula is C18H18F2N2O. The minimum atomic E-state index is -0.955. The molecule has 0 spiro atoms. The molecule has 0 fully saturated rings. The second kappa shape index (κ2) is 6.87. The van der Waals surface area contributed by atoms with Crippen LogP contribution >= 0.6 is 0 Å². The Morgan fingerprint density at radius 3 is 2.87 bits per heavy atom. The maximum atomic E-state index is 13.6. The maximum absolute atomic E-state index is 13.6. The quantitative estimate of drug-likeness (QED) is 0.910. The van der Waals surface area contributed by atoms with Crippen molar-refractivity contribution in [2.24, 2.45) is 0 Å². The van der Waals surface area contributed by atoms with Gasteiger partial charge in [0.05, 0.1) is 6.42 Å². The van der Waals surface area contributed by atoms with Crippen molar-refractivity contribution in [2.75, 3.05) is 13.1 Å². The van der Waals surface area contributed by atoms with Crippen LogP contribution in [-0.2, 0) is 17.6 Å². The van der Waals surface area contributed by atoms with Crippen molar-refractivity contribution < 1.29 is 13.6 Å². The van der Waals surface area contributed by atoms with Crippen LogP contribution in [0.15, 0.2) is 42.5 Å². The molecule has 1 heterocycles. The van der Waals surface area contributed by atoms with Gasteiger partial charge in [0.1, 0.15) is 0 Å². The number of hydrogen-bond acceptors (Lipinski definition) is 2. The van der Waals surface area contributed by atoms with E-state index in [0.717, 1.165) is 19.0 Å². The second-order valence-corrected chi connectivity index (χ2v) is 5.65. The van der Waals surface area contributed by atoms with Crippen molar-refractivity contribution in [3.63, 3.8) is 0 Å². The lowest BCUT2D eigenvalue weighted by atomic mass is 9.94. The number of halogens is 2. The summed E-state index contributed by atoms with van der Waals surface area (Å²) < 4.78 is 26.7. The molecule has 1 amide bonds. The number of carbonyl (C=O) groups excluding carboxylic acids is 1. The predicted molar refractivity (Wildman–Crippen MR) is 84.0 cm³/mol. The zero-order chi connectivity index (χ0) is 16.2. The lowest BCUT2D eigenvalue weighted by Gasteiger charge is -2.27. The van der Waals surface area contributed by atoms with Crippen molar-refractivity contribution in [1.82, 2.24) is 10.6 Å². The van der Waals surface area contributed by atoms with Crippen LogP contribution in [0.2, 0.25) is 0 Å². The molecule has 1 atom stereocenters. The highest BCUT2D eigenvalue weighted by Crippen LogP contribution is 2.21. The van der Waals surface area contributed by atoms with Crippen LogP contribution in [-0.4, -0.2) is 19.0 Å². The SMILES string of the molecule is O=C(Cc1cccc(F)c1F)NCC1NCCc2ccccc21. The van der Waals surface area contributed by atoms with Crippen molar-refractivity contribution in [3.05, 3.63) is 70.8 Å². The molecule has 3 rings (SSSR count). The topological polar surface area (TPSA) is 41.1 Å². The maximum Gasteiger partial charge on any atom is 0.224 e. The first-order chi connectivity index (χ1) is 11.1. The van der Waals surface area contributed by atoms with Gasteiger partial charge in [0.2, 0.25) is 5.91 Å². The summed E-state index contributed by atoms with van der Waals surface area (Å²) in [5, 5.41) is 6.16. The summed E-state index contributed by atoms with van der Waals surface area (Å²) in [6.45, 7) is 1.28. The Morgan fingerprint density at radius 1 is 1.17 bits per heavy atom. The molecule has 0 aliphatic carbocycles. The van der Waals surface area contributed by atoms with Crippen LogP contribution in [0.3, 0.4) is 0 Å². The van der Waals surface area contributed by atoms with Gasteiger partial charge in [-0.15, -0.1) is 0 Å². The summed E-state index contributed by atoms with van der Waals surface area (Å²) in [6.07, 6.45) is 0.799. The van der Waals surface area contributed by atoms with Gasteiger partial charge in [0.15, 0.2) is 11.6 Å². The standard InChI is InChI=1S/C18H18F2N2O/c19-15-7-3-5-13(18(15)20)10-17(23)22-11-16-14-6-2-1-4-12(14)8-9-21-16/h1-7,16,21H,8-11H2,(H,22,23). The highest BCUT2D eigenvalue weighted by molar-refractivity contribution is 5.78. The van der Waals surface area contributed by atoms with E-state index in [9.17, 15) is 13.6 Å². The average molecular weight is 316 g/mol. The zero-order valence-electron chi connectivity index (χ0n) is 12.6. The van der Waals surface area contributed by atoms with Crippen LogP contribution in [0.4, 0.5) is 8.78 Å². The Hall–Kier alpha value is -2.27. The normalized spacial score (nSPS) is 16.7. The van der Waals surface area contributed by atoms with E-state index in [1.165, 1.54) is 23.3 Å². The van der Waals surface area contributed by atoms with Crippen molar-refractivity contribution in [2.45, 2.75) is 18.9 Å². The monoisotopic (exact) mass is 316 g/mol. The van der Waals surface area contributed by atoms with E-state index in [-0.39, 0.29) is 23.9 Å². The number of fused-ring (bicyclic) bond motifs is 1. The Kier molecular flexibility index (Phi) is 4.67. The summed E-state index contributed by atoms with van der Waals surface area (Å²) in [6, 6.07) is 12.0. The van der Waals surface area contributed by atoms with Crippen LogP contribution < -0.4 is 10.6 Å². The number of amides is 1. The van der Waals surface area contributed by atoms with E-state index in [4.69, 9.17) is 0 Å². The lowest BCUT2D eigenvalue weighted by molar-refractivity contribution is -0.120. The Labute approximate surface area is 133 Å². The predicted octanol–water partition coefficient (Wildman–Crippen LogP) is 2.51. The Morgan fingerprint density at radius 2 is 2.00 bits per heavy atom. The molecule has 0 saturated heterocycles. The van der Waals surface area contributed by atoms with E-state index >= 15 is 0 Å². The van der Waals surface area contributed by atoms with Crippen molar-refractivity contribution >= 4 is 5.91 Å². The summed E-state index contributed by atoms with van der Waals surface area (Å²) in [5.74, 6) is -2.21. The van der Waals surface area contributed by atoms with Crippen molar-refractivity contribution in [3.8, 4) is 0 Å². The average Bonchev–Trinajstić information content (AvgIpc) is 2.57. The molecule has 0 aromatic heterocycles. The molecule has 2 aromatic rings. The molecular weight excluding hydrogens is 298 g/mol. The number of nitrogens with one attached hydrogen (secondary N) is 2. The van der Waals surface area contributed by atoms with Gasteiger partial charge in [-0.05, 0) is 30.2 Å². The van der Waals surface area contributed by atoms with Gasteiger partial charge < -0.3 is 10.6 Å². The highest BCUT2D eigenvalue weighted by Gasteiger charge is 2.20. The fraction of sp³-hybridized carbons (Fsp3) is 0.278. The van der Waals surface area contributed by atoms with E-state index < -0.39 is 11.6 Å². The first-order valence-electron chi connectivity index (χ1n) is 7.66. The third kappa shape index (κ3) is 3.56. The molecule has 0 bridgehead atoms. The van der Waals surface area contributed by atoms with E-state index in [1.807, 2.05) is 18.2 Å². The highest BCUT2D eigenvalue weighted by atomic mass is 19.2. The first kappa shape index (κ1) is 15.6. The minimum absolute atomic E-state index is 0.0428. The van der Waals surface area contributed by atoms with Gasteiger partial charge in [-0.25, -0.2) is 8.78 Å². The molecule has 2 aromatic carbocycles. The second-order valence-electron chi connectivity index (χ2n) is 5.65. The van der Waals surface area contributed by atoms with Gasteiger partial charge in [-0.1, -0.05) is 36.4 Å². The molecule has 1 unspecified atom stereocenters. The molecule has 3 nitrogen and oxygen atoms in total. The number of rotatable bonds is 4. The lowest BCUT2D eigenvalue weighted by Crippen LogP contribution is -2.39. The molecule has 0 radical (unpaired) electrons. The molecule has 120 valence electrons. The Balaban J connectivity index is 1.61. The smallest absolute Gasteiger partial charge is 0.224 e. The molecule has 5 heteroatoms. The van der Waals surface area contributed by atoms with Gasteiger partial charge in [0.25, 0.3) is 0 Å². The molecule has 23 heavy (non-hydrogen) atoms. The molecule has 2 N–H and O–H groups in total. The van der Waals surface area contributed by atoms with Crippen LogP contribution in [0.25, 0.3) is 0 Å². The number of hydrogen-bond donors (Lipinski definition) is 2. The summed E-state index contributed by atoms with van der Waals surface area (Å²) in [7, 11) is 0. The van der Waals surface area contributed by atoms with Crippen molar-refractivity contribution in [1.29, 1.82) is 0 Å². The largest absolute Gasteiger partial charge is 0.354 e. The first-order valence-corrected chi connectivity index (χ1v) is 7.66. The third-order valence-electron chi connectivity index (χ3n) is 4.10. The number of carbonyl (C=O) groups is 1. The van der Waals surface area contributed by atoms with E-state index in [0.29, 0.717) is 6.54 Å². The van der Waals surface area contributed by atoms with E-state index in [1.54, 1.807) is 0 Å². The van der Waals surface area contributed by atoms with Gasteiger partial charge in [0, 0.05) is 18.2 Å². The van der Waals surface area contributed by atoms with Crippen LogP contribution in [0.1, 0.15) is 22.7 Å². The van der Waals surface area contributed by atoms with Gasteiger partial charge in [-0.3, -0.25) is 4.79 Å². The Bertz CT molecular complexity index is 718. The minimum Gasteiger partial charge on any atom is -0.354 e. The summed E-state index contributed by atoms with van der Waals surface area (Å²) in [5.41, 5.74) is 2.53. The van der Waals surface area contributed by atoms with Crippen LogP contribution in [0.5, 0.6) is 0 Å². The van der Waals surface area contributed by atoms with Gasteiger partial charge in [-0.2, -0.15) is 0 Å². The fourth-order valence-electron chi connectivity index (χ4n) is 2.91. The molecule has 1 aliphatic heterocycles. The van der Waals surface area contributed by atoms with Crippen LogP contribution in [0, 0.1) is 11.6 Å². The third-order valence-corrected chi connectivity index (χ3v) is 4.10. The fourth-order valence-corrected chi connectivity index (χ4v) is 2.91. The van der Waals surface area contributed by atoms with Gasteiger partial charge >= 0.3 is 0 Å². The summed E-state index contributed by atoms with van der Waals surface area (Å²) in [4.78, 5) is 12.0. The summed E-state index contributed by atoms with van der Waals surface area (Å²) >= 11 is 0. The number of benzene rings is 2. The van der Waals surface area contributed by atoms with E-state index in [2.05, 4.69) is 16.7 Å². The molecule has 1 aliphatic rings. The molecule has 0 saturated carbocycles. The zero-order valence-corrected chi connectivity index (χ0v) is 12.6.